The molecule has 0 saturated carbocycles. The summed E-state index contributed by atoms with van der Waals surface area (Å²) < 4.78 is 4.99. The van der Waals surface area contributed by atoms with Crippen LogP contribution in [-0.2, 0) is 0 Å². The monoisotopic (exact) mass is 352 g/mol. The van der Waals surface area contributed by atoms with Gasteiger partial charge in [0.1, 0.15) is 0 Å². The number of aromatic carboxylic acids is 1. The Morgan fingerprint density at radius 2 is 1.42 bits per heavy atom. The molecule has 3 N–H and O–H groups in total. The molecule has 9 nitrogen and oxygen atoms in total. The van der Waals surface area contributed by atoms with E-state index in [0.717, 1.165) is 0 Å². The van der Waals surface area contributed by atoms with Crippen molar-refractivity contribution in [2.24, 2.45) is 0 Å². The molecule has 0 unspecified atom stereocenters. The van der Waals surface area contributed by atoms with Crippen LogP contribution in [0.5, 0.6) is 0 Å². The number of carbonyl (C=O) groups is 3. The van der Waals surface area contributed by atoms with Gasteiger partial charge in [-0.3, -0.25) is 9.59 Å². The smallest absolute Gasteiger partial charge is 0.356 e. The van der Waals surface area contributed by atoms with Crippen molar-refractivity contribution < 1.29 is 23.9 Å². The zero-order chi connectivity index (χ0) is 18.5. The first-order valence-corrected chi connectivity index (χ1v) is 7.35. The summed E-state index contributed by atoms with van der Waals surface area (Å²) >= 11 is 0. The number of hydrogen-bond donors (Lipinski definition) is 3. The van der Waals surface area contributed by atoms with Crippen LogP contribution in [0.25, 0.3) is 0 Å². The number of nitrogens with one attached hydrogen (secondary N) is 2. The Kier molecular flexibility index (Phi) is 4.70. The van der Waals surface area contributed by atoms with E-state index >= 15 is 0 Å². The van der Waals surface area contributed by atoms with Crippen LogP contribution in [0.2, 0.25) is 0 Å². The summed E-state index contributed by atoms with van der Waals surface area (Å²) in [4.78, 5) is 42.6. The van der Waals surface area contributed by atoms with E-state index in [1.807, 2.05) is 0 Å². The number of benzene rings is 1. The maximum atomic E-state index is 12.2. The second-order valence-corrected chi connectivity index (χ2v) is 5.02. The highest BCUT2D eigenvalue weighted by Crippen LogP contribution is 2.16. The number of rotatable bonds is 5. The first-order valence-electron chi connectivity index (χ1n) is 7.35. The highest BCUT2D eigenvalue weighted by molar-refractivity contribution is 6.08. The van der Waals surface area contributed by atoms with Crippen LogP contribution in [0.15, 0.2) is 59.5 Å². The van der Waals surface area contributed by atoms with Gasteiger partial charge in [-0.15, -0.1) is 0 Å². The fourth-order valence-electron chi connectivity index (χ4n) is 2.09. The first-order chi connectivity index (χ1) is 12.5. The Labute approximate surface area is 146 Å². The van der Waals surface area contributed by atoms with E-state index in [4.69, 9.17) is 9.52 Å². The minimum absolute atomic E-state index is 0.172. The van der Waals surface area contributed by atoms with Crippen molar-refractivity contribution in [3.63, 3.8) is 0 Å². The van der Waals surface area contributed by atoms with Gasteiger partial charge in [-0.25, -0.2) is 14.8 Å². The predicted octanol–water partition coefficient (Wildman–Crippen LogP) is 2.27. The van der Waals surface area contributed by atoms with Crippen molar-refractivity contribution in [2.45, 2.75) is 0 Å². The molecule has 3 aromatic rings. The largest absolute Gasteiger partial charge is 0.476 e. The third kappa shape index (κ3) is 3.73. The molecule has 2 heterocycles. The molecule has 0 aliphatic carbocycles. The van der Waals surface area contributed by atoms with E-state index in [0.29, 0.717) is 11.4 Å². The standard InChI is InChI=1S/C17H12N4O5/c22-15(12-2-1-9-26-12)20-10-3-5-11(6-4-10)21-16(23)13-14(17(24)25)19-8-7-18-13/h1-9H,(H,20,22)(H,21,23)(H,24,25). The Bertz CT molecular complexity index is 952. The molecule has 0 saturated heterocycles. The summed E-state index contributed by atoms with van der Waals surface area (Å²) in [5, 5.41) is 14.2. The molecule has 0 spiro atoms. The summed E-state index contributed by atoms with van der Waals surface area (Å²) in [6, 6.07) is 9.38. The number of amides is 2. The van der Waals surface area contributed by atoms with Gasteiger partial charge in [-0.05, 0) is 36.4 Å². The van der Waals surface area contributed by atoms with Gasteiger partial charge in [-0.2, -0.15) is 0 Å². The molecule has 3 rings (SSSR count). The van der Waals surface area contributed by atoms with Crippen molar-refractivity contribution in [1.29, 1.82) is 0 Å². The van der Waals surface area contributed by atoms with Crippen LogP contribution in [0.1, 0.15) is 31.5 Å². The second kappa shape index (κ2) is 7.26. The lowest BCUT2D eigenvalue weighted by Gasteiger charge is -2.08. The van der Waals surface area contributed by atoms with E-state index < -0.39 is 23.5 Å². The van der Waals surface area contributed by atoms with Crippen molar-refractivity contribution >= 4 is 29.2 Å². The highest BCUT2D eigenvalue weighted by atomic mass is 16.4. The molecule has 2 aromatic heterocycles. The summed E-state index contributed by atoms with van der Waals surface area (Å²) in [5.74, 6) is -2.29. The number of aromatic nitrogens is 2. The number of nitrogens with zero attached hydrogens (tertiary/aromatic N) is 2. The van der Waals surface area contributed by atoms with Crippen molar-refractivity contribution in [3.8, 4) is 0 Å². The molecule has 130 valence electrons. The molecule has 0 aliphatic heterocycles. The summed E-state index contributed by atoms with van der Waals surface area (Å²) in [6.45, 7) is 0. The predicted molar refractivity (Wildman–Crippen MR) is 90.0 cm³/mol. The topological polar surface area (TPSA) is 134 Å². The van der Waals surface area contributed by atoms with Crippen LogP contribution < -0.4 is 10.6 Å². The van der Waals surface area contributed by atoms with E-state index in [9.17, 15) is 14.4 Å². The van der Waals surface area contributed by atoms with Crippen LogP contribution in [0, 0.1) is 0 Å². The fraction of sp³-hybridized carbons (Fsp3) is 0. The van der Waals surface area contributed by atoms with Gasteiger partial charge in [0.05, 0.1) is 6.26 Å². The van der Waals surface area contributed by atoms with E-state index in [1.54, 1.807) is 30.3 Å². The number of hydrogen-bond acceptors (Lipinski definition) is 6. The number of furan rings is 1. The number of anilines is 2. The molecular weight excluding hydrogens is 340 g/mol. The molecule has 0 aliphatic rings. The molecule has 0 radical (unpaired) electrons. The van der Waals surface area contributed by atoms with Gasteiger partial charge in [0.2, 0.25) is 0 Å². The minimum Gasteiger partial charge on any atom is -0.476 e. The van der Waals surface area contributed by atoms with Crippen LogP contribution in [0.4, 0.5) is 11.4 Å². The lowest BCUT2D eigenvalue weighted by Crippen LogP contribution is -2.19. The Hall–Kier alpha value is -4.01. The van der Waals surface area contributed by atoms with E-state index in [1.165, 1.54) is 24.7 Å². The lowest BCUT2D eigenvalue weighted by atomic mass is 10.2. The Morgan fingerprint density at radius 1 is 0.846 bits per heavy atom. The normalized spacial score (nSPS) is 10.2. The van der Waals surface area contributed by atoms with Crippen molar-refractivity contribution in [2.75, 3.05) is 10.6 Å². The summed E-state index contributed by atoms with van der Waals surface area (Å²) in [5.41, 5.74) is 0.158. The zero-order valence-electron chi connectivity index (χ0n) is 13.2. The average Bonchev–Trinajstić information content (AvgIpc) is 3.18. The molecule has 26 heavy (non-hydrogen) atoms. The molecule has 0 bridgehead atoms. The molecular formula is C17H12N4O5. The number of carboxylic acid groups (broad SMARTS) is 1. The van der Waals surface area contributed by atoms with Crippen LogP contribution in [-0.4, -0.2) is 32.9 Å². The third-order valence-electron chi connectivity index (χ3n) is 3.26. The van der Waals surface area contributed by atoms with E-state index in [-0.39, 0.29) is 11.5 Å². The Morgan fingerprint density at radius 3 is 1.96 bits per heavy atom. The van der Waals surface area contributed by atoms with Gasteiger partial charge in [0.25, 0.3) is 11.8 Å². The van der Waals surface area contributed by atoms with Crippen molar-refractivity contribution in [1.82, 2.24) is 9.97 Å². The van der Waals surface area contributed by atoms with Crippen molar-refractivity contribution in [3.05, 3.63) is 72.2 Å². The Balaban J connectivity index is 1.69. The van der Waals surface area contributed by atoms with Crippen LogP contribution in [0.3, 0.4) is 0 Å². The SMILES string of the molecule is O=C(Nc1ccc(NC(=O)c2nccnc2C(=O)O)cc1)c1ccco1. The van der Waals surface area contributed by atoms with Gasteiger partial charge in [0.15, 0.2) is 17.1 Å². The third-order valence-corrected chi connectivity index (χ3v) is 3.26. The molecule has 1 aromatic carbocycles. The van der Waals surface area contributed by atoms with Gasteiger partial charge in [0, 0.05) is 23.8 Å². The van der Waals surface area contributed by atoms with Gasteiger partial charge in [-0.1, -0.05) is 0 Å². The summed E-state index contributed by atoms with van der Waals surface area (Å²) in [6.07, 6.45) is 3.82. The molecule has 0 atom stereocenters. The maximum Gasteiger partial charge on any atom is 0.356 e. The molecule has 9 heteroatoms. The quantitative estimate of drug-likeness (QED) is 0.641. The fourth-order valence-corrected chi connectivity index (χ4v) is 2.09. The molecule has 0 fully saturated rings. The van der Waals surface area contributed by atoms with Crippen LogP contribution >= 0.6 is 0 Å². The van der Waals surface area contributed by atoms with E-state index in [2.05, 4.69) is 20.6 Å². The second-order valence-electron chi connectivity index (χ2n) is 5.02. The highest BCUT2D eigenvalue weighted by Gasteiger charge is 2.19. The minimum atomic E-state index is -1.35. The summed E-state index contributed by atoms with van der Waals surface area (Å²) in [7, 11) is 0. The number of carboxylic acids is 1. The lowest BCUT2D eigenvalue weighted by molar-refractivity contribution is 0.0684. The average molecular weight is 352 g/mol. The van der Waals surface area contributed by atoms with Gasteiger partial charge >= 0.3 is 5.97 Å². The van der Waals surface area contributed by atoms with Gasteiger partial charge < -0.3 is 20.2 Å². The first kappa shape index (κ1) is 16.8. The molecule has 2 amide bonds. The zero-order valence-corrected chi connectivity index (χ0v) is 13.2. The maximum absolute atomic E-state index is 12.2. The number of carbonyl (C=O) groups excluding carboxylic acids is 2.